The number of carboxylic acids is 1. The molecule has 0 saturated carbocycles. The minimum absolute atomic E-state index is 0.156. The summed E-state index contributed by atoms with van der Waals surface area (Å²) in [4.78, 5) is 28.9. The third kappa shape index (κ3) is 4.55. The zero-order valence-electron chi connectivity index (χ0n) is 14.3. The monoisotopic (exact) mass is 364 g/mol. The molecule has 0 unspecified atom stereocenters. The highest BCUT2D eigenvalue weighted by atomic mass is 32.1. The summed E-state index contributed by atoms with van der Waals surface area (Å²) < 4.78 is 10.3. The van der Waals surface area contributed by atoms with Gasteiger partial charge in [0.1, 0.15) is 11.6 Å². The van der Waals surface area contributed by atoms with Crippen molar-refractivity contribution in [3.05, 3.63) is 39.9 Å². The van der Waals surface area contributed by atoms with Gasteiger partial charge in [-0.25, -0.2) is 9.78 Å². The lowest BCUT2D eigenvalue weighted by Crippen LogP contribution is -2.14. The molecule has 8 heteroatoms. The Balaban J connectivity index is 2.20. The van der Waals surface area contributed by atoms with Gasteiger partial charge in [0.05, 0.1) is 12.2 Å². The third-order valence-corrected chi connectivity index (χ3v) is 4.60. The number of aromatic carboxylic acids is 1. The normalized spacial score (nSPS) is 10.5. The molecule has 7 nitrogen and oxygen atoms in total. The Kier molecular flexibility index (Phi) is 6.49. The minimum atomic E-state index is -1.05. The number of carbonyl (C=O) groups is 2. The van der Waals surface area contributed by atoms with Gasteiger partial charge in [0.25, 0.3) is 5.91 Å². The Morgan fingerprint density at radius 2 is 2.12 bits per heavy atom. The van der Waals surface area contributed by atoms with Crippen molar-refractivity contribution in [2.75, 3.05) is 25.6 Å². The topological polar surface area (TPSA) is 97.8 Å². The summed E-state index contributed by atoms with van der Waals surface area (Å²) in [6.07, 6.45) is 2.05. The first-order valence-corrected chi connectivity index (χ1v) is 8.54. The number of anilines is 1. The molecule has 0 bridgehead atoms. The van der Waals surface area contributed by atoms with Crippen LogP contribution in [0.25, 0.3) is 0 Å². The van der Waals surface area contributed by atoms with Gasteiger partial charge in [-0.05, 0) is 25.0 Å². The molecule has 25 heavy (non-hydrogen) atoms. The Labute approximate surface area is 149 Å². The van der Waals surface area contributed by atoms with E-state index in [4.69, 9.17) is 9.47 Å². The fraction of sp³-hybridized carbons (Fsp3) is 0.353. The van der Waals surface area contributed by atoms with E-state index in [1.165, 1.54) is 23.6 Å². The molecule has 1 amide bonds. The molecule has 0 aliphatic carbocycles. The van der Waals surface area contributed by atoms with Gasteiger partial charge in [-0.3, -0.25) is 4.79 Å². The van der Waals surface area contributed by atoms with Crippen LogP contribution >= 0.6 is 11.3 Å². The predicted molar refractivity (Wildman–Crippen MR) is 95.0 cm³/mol. The lowest BCUT2D eigenvalue weighted by Gasteiger charge is -2.07. The molecule has 0 radical (unpaired) electrons. The lowest BCUT2D eigenvalue weighted by atomic mass is 10.1. The van der Waals surface area contributed by atoms with Gasteiger partial charge in [0.2, 0.25) is 5.88 Å². The molecular weight excluding hydrogens is 344 g/mol. The van der Waals surface area contributed by atoms with E-state index in [9.17, 15) is 14.7 Å². The molecule has 2 N–H and O–H groups in total. The Morgan fingerprint density at radius 3 is 2.76 bits per heavy atom. The molecule has 0 aromatic carbocycles. The van der Waals surface area contributed by atoms with Crippen molar-refractivity contribution in [3.63, 3.8) is 0 Å². The summed E-state index contributed by atoms with van der Waals surface area (Å²) in [6.45, 7) is 4.47. The number of aromatic nitrogens is 1. The highest BCUT2D eigenvalue weighted by Gasteiger charge is 2.22. The predicted octanol–water partition coefficient (Wildman–Crippen LogP) is 2.99. The maximum absolute atomic E-state index is 12.5. The first kappa shape index (κ1) is 18.9. The van der Waals surface area contributed by atoms with Crippen LogP contribution in [-0.4, -0.2) is 42.3 Å². The lowest BCUT2D eigenvalue weighted by molar-refractivity contribution is 0.0697. The SMILES string of the molecule is CCc1c(C)sc(NC(=O)c2ccnc(OCCOC)c2)c1C(=O)O. The third-order valence-electron chi connectivity index (χ3n) is 3.54. The van der Waals surface area contributed by atoms with Crippen molar-refractivity contribution < 1.29 is 24.2 Å². The van der Waals surface area contributed by atoms with Gasteiger partial charge in [-0.1, -0.05) is 6.92 Å². The van der Waals surface area contributed by atoms with Crippen LogP contribution in [0.5, 0.6) is 5.88 Å². The maximum atomic E-state index is 12.5. The van der Waals surface area contributed by atoms with Crippen molar-refractivity contribution in [2.45, 2.75) is 20.3 Å². The second kappa shape index (κ2) is 8.59. The molecule has 0 saturated heterocycles. The van der Waals surface area contributed by atoms with Crippen molar-refractivity contribution in [1.82, 2.24) is 4.98 Å². The fourth-order valence-electron chi connectivity index (χ4n) is 2.35. The number of hydrogen-bond acceptors (Lipinski definition) is 6. The molecule has 2 heterocycles. The van der Waals surface area contributed by atoms with E-state index in [0.717, 1.165) is 10.4 Å². The Bertz CT molecular complexity index is 772. The van der Waals surface area contributed by atoms with Gasteiger partial charge in [0.15, 0.2) is 0 Å². The zero-order chi connectivity index (χ0) is 18.4. The number of methoxy groups -OCH3 is 1. The number of rotatable bonds is 8. The van der Waals surface area contributed by atoms with Crippen LogP contribution in [0.2, 0.25) is 0 Å². The van der Waals surface area contributed by atoms with Gasteiger partial charge in [-0.15, -0.1) is 11.3 Å². The largest absolute Gasteiger partial charge is 0.478 e. The average Bonchev–Trinajstić information content (AvgIpc) is 2.90. The highest BCUT2D eigenvalue weighted by molar-refractivity contribution is 7.16. The zero-order valence-corrected chi connectivity index (χ0v) is 15.1. The van der Waals surface area contributed by atoms with E-state index in [1.807, 2.05) is 13.8 Å². The summed E-state index contributed by atoms with van der Waals surface area (Å²) in [7, 11) is 1.56. The number of hydrogen-bond donors (Lipinski definition) is 2. The van der Waals surface area contributed by atoms with Crippen LogP contribution < -0.4 is 10.1 Å². The average molecular weight is 364 g/mol. The van der Waals surface area contributed by atoms with Gasteiger partial charge in [0, 0.05) is 29.8 Å². The summed E-state index contributed by atoms with van der Waals surface area (Å²) in [5.74, 6) is -1.15. The van der Waals surface area contributed by atoms with E-state index in [1.54, 1.807) is 13.2 Å². The van der Waals surface area contributed by atoms with Crippen LogP contribution in [0.4, 0.5) is 5.00 Å². The summed E-state index contributed by atoms with van der Waals surface area (Å²) in [6, 6.07) is 3.05. The smallest absolute Gasteiger partial charge is 0.339 e. The number of amides is 1. The first-order chi connectivity index (χ1) is 12.0. The summed E-state index contributed by atoms with van der Waals surface area (Å²) in [5, 5.41) is 12.5. The number of nitrogens with zero attached hydrogens (tertiary/aromatic N) is 1. The van der Waals surface area contributed by atoms with E-state index < -0.39 is 11.9 Å². The molecule has 0 atom stereocenters. The summed E-state index contributed by atoms with van der Waals surface area (Å²) >= 11 is 1.26. The maximum Gasteiger partial charge on any atom is 0.339 e. The highest BCUT2D eigenvalue weighted by Crippen LogP contribution is 2.33. The first-order valence-electron chi connectivity index (χ1n) is 7.72. The second-order valence-electron chi connectivity index (χ2n) is 5.18. The van der Waals surface area contributed by atoms with E-state index in [-0.39, 0.29) is 5.56 Å². The van der Waals surface area contributed by atoms with Crippen LogP contribution in [0.15, 0.2) is 18.3 Å². The van der Waals surface area contributed by atoms with Crippen LogP contribution in [0.1, 0.15) is 38.1 Å². The van der Waals surface area contributed by atoms with Crippen molar-refractivity contribution >= 4 is 28.2 Å². The minimum Gasteiger partial charge on any atom is -0.478 e. The van der Waals surface area contributed by atoms with Gasteiger partial charge >= 0.3 is 5.97 Å². The van der Waals surface area contributed by atoms with E-state index >= 15 is 0 Å². The quantitative estimate of drug-likeness (QED) is 0.699. The molecule has 0 fully saturated rings. The van der Waals surface area contributed by atoms with Crippen LogP contribution in [0, 0.1) is 6.92 Å². The number of nitrogens with one attached hydrogen (secondary N) is 1. The van der Waals surface area contributed by atoms with E-state index in [0.29, 0.717) is 36.1 Å². The molecule has 0 spiro atoms. The Hall–Kier alpha value is -2.45. The molecule has 134 valence electrons. The molecule has 2 aromatic heterocycles. The van der Waals surface area contributed by atoms with Crippen LogP contribution in [0.3, 0.4) is 0 Å². The van der Waals surface area contributed by atoms with Crippen LogP contribution in [-0.2, 0) is 11.2 Å². The molecular formula is C17H20N2O5S. The number of ether oxygens (including phenoxy) is 2. The number of pyridine rings is 1. The van der Waals surface area contributed by atoms with E-state index in [2.05, 4.69) is 10.3 Å². The summed E-state index contributed by atoms with van der Waals surface area (Å²) in [5.41, 5.74) is 1.23. The molecule has 2 aromatic rings. The Morgan fingerprint density at radius 1 is 1.36 bits per heavy atom. The number of thiophene rings is 1. The number of carboxylic acid groups (broad SMARTS) is 1. The van der Waals surface area contributed by atoms with Crippen molar-refractivity contribution in [1.29, 1.82) is 0 Å². The number of aryl methyl sites for hydroxylation is 1. The fourth-order valence-corrected chi connectivity index (χ4v) is 3.49. The number of carbonyl (C=O) groups excluding carboxylic acids is 1. The van der Waals surface area contributed by atoms with Crippen molar-refractivity contribution in [2.24, 2.45) is 0 Å². The molecule has 2 rings (SSSR count). The standard InChI is InChI=1S/C17H20N2O5S/c1-4-12-10(2)25-16(14(12)17(21)22)19-15(20)11-5-6-18-13(9-11)24-8-7-23-3/h5-6,9H,4,7-8H2,1-3H3,(H,19,20)(H,21,22). The molecule has 0 aliphatic rings. The van der Waals surface area contributed by atoms with Gasteiger partial charge in [-0.2, -0.15) is 0 Å². The second-order valence-corrected chi connectivity index (χ2v) is 6.40. The molecule has 0 aliphatic heterocycles. The van der Waals surface area contributed by atoms with Crippen molar-refractivity contribution in [3.8, 4) is 5.88 Å². The van der Waals surface area contributed by atoms with Gasteiger partial charge < -0.3 is 19.9 Å².